The smallest absolute Gasteiger partial charge is 0.348 e. The van der Waals surface area contributed by atoms with Gasteiger partial charge in [-0.15, -0.1) is 6.42 Å². The van der Waals surface area contributed by atoms with Crippen molar-refractivity contribution in [2.24, 2.45) is 0 Å². The molecule has 0 fully saturated rings. The van der Waals surface area contributed by atoms with Crippen LogP contribution in [0.4, 0.5) is 0 Å². The SMILES string of the molecule is C#CCOc1ccc2c(c1)c(-c1ccc(C(C)C)cc1)nc(=O)n2Cc1cccc2cc(C#N)[nH]c12. The largest absolute Gasteiger partial charge is 0.481 e. The van der Waals surface area contributed by atoms with Crippen LogP contribution in [0.15, 0.2) is 71.5 Å². The number of ether oxygens (including phenoxy) is 1. The van der Waals surface area contributed by atoms with Crippen molar-refractivity contribution in [3.05, 3.63) is 94.0 Å². The molecule has 3 aromatic carbocycles. The van der Waals surface area contributed by atoms with Crippen molar-refractivity contribution >= 4 is 21.8 Å². The van der Waals surface area contributed by atoms with Crippen molar-refractivity contribution in [3.63, 3.8) is 0 Å². The lowest BCUT2D eigenvalue weighted by Gasteiger charge is -2.15. The summed E-state index contributed by atoms with van der Waals surface area (Å²) >= 11 is 0. The van der Waals surface area contributed by atoms with E-state index in [1.165, 1.54) is 5.56 Å². The highest BCUT2D eigenvalue weighted by molar-refractivity contribution is 5.93. The van der Waals surface area contributed by atoms with Crippen molar-refractivity contribution in [3.8, 4) is 35.4 Å². The van der Waals surface area contributed by atoms with Gasteiger partial charge >= 0.3 is 5.69 Å². The number of para-hydroxylation sites is 1. The quantitative estimate of drug-likeness (QED) is 0.326. The number of terminal acetylenes is 1. The topological polar surface area (TPSA) is 83.7 Å². The average molecular weight is 473 g/mol. The monoisotopic (exact) mass is 472 g/mol. The van der Waals surface area contributed by atoms with E-state index in [-0.39, 0.29) is 12.3 Å². The highest BCUT2D eigenvalue weighted by Crippen LogP contribution is 2.30. The van der Waals surface area contributed by atoms with Gasteiger partial charge in [0.15, 0.2) is 0 Å². The van der Waals surface area contributed by atoms with Crippen LogP contribution >= 0.6 is 0 Å². The van der Waals surface area contributed by atoms with E-state index < -0.39 is 0 Å². The molecule has 0 spiro atoms. The molecule has 176 valence electrons. The van der Waals surface area contributed by atoms with Gasteiger partial charge in [-0.25, -0.2) is 4.79 Å². The molecule has 5 aromatic rings. The molecule has 0 atom stereocenters. The third-order valence-electron chi connectivity index (χ3n) is 6.32. The minimum absolute atomic E-state index is 0.146. The summed E-state index contributed by atoms with van der Waals surface area (Å²) in [6, 6.07) is 23.4. The van der Waals surface area contributed by atoms with Crippen LogP contribution in [0, 0.1) is 23.7 Å². The standard InChI is InChI=1S/C30H24N4O2/c1-4-14-36-25-12-13-27-26(16-25)29(21-10-8-20(9-11-21)19(2)3)33-30(35)34(27)18-23-7-5-6-22-15-24(17-31)32-28(22)23/h1,5-13,15-16,19,32H,14,18H2,2-3H3. The molecule has 0 aliphatic heterocycles. The maximum absolute atomic E-state index is 13.4. The fourth-order valence-corrected chi connectivity index (χ4v) is 4.45. The van der Waals surface area contributed by atoms with Crippen molar-refractivity contribution < 1.29 is 4.74 Å². The second-order valence-electron chi connectivity index (χ2n) is 8.95. The molecule has 5 rings (SSSR count). The zero-order valence-corrected chi connectivity index (χ0v) is 20.1. The van der Waals surface area contributed by atoms with Crippen molar-refractivity contribution in [1.29, 1.82) is 5.26 Å². The van der Waals surface area contributed by atoms with E-state index in [9.17, 15) is 10.1 Å². The number of benzene rings is 3. The number of hydrogen-bond donors (Lipinski definition) is 1. The van der Waals surface area contributed by atoms with Crippen LogP contribution in [0.2, 0.25) is 0 Å². The van der Waals surface area contributed by atoms with E-state index in [1.54, 1.807) is 10.6 Å². The Morgan fingerprint density at radius 1 is 1.11 bits per heavy atom. The van der Waals surface area contributed by atoms with E-state index in [0.29, 0.717) is 29.6 Å². The van der Waals surface area contributed by atoms with Crippen LogP contribution in [-0.2, 0) is 6.54 Å². The zero-order chi connectivity index (χ0) is 25.2. The molecule has 0 saturated heterocycles. The lowest BCUT2D eigenvalue weighted by Crippen LogP contribution is -2.24. The number of nitrogens with zero attached hydrogens (tertiary/aromatic N) is 3. The summed E-state index contributed by atoms with van der Waals surface area (Å²) in [5, 5.41) is 11.0. The number of aromatic nitrogens is 3. The predicted molar refractivity (Wildman–Crippen MR) is 142 cm³/mol. The summed E-state index contributed by atoms with van der Waals surface area (Å²) in [5.74, 6) is 3.49. The molecular weight excluding hydrogens is 448 g/mol. The third kappa shape index (κ3) is 4.21. The van der Waals surface area contributed by atoms with Crippen LogP contribution in [0.25, 0.3) is 33.1 Å². The third-order valence-corrected chi connectivity index (χ3v) is 6.32. The van der Waals surface area contributed by atoms with Crippen LogP contribution in [-0.4, -0.2) is 21.1 Å². The maximum Gasteiger partial charge on any atom is 0.348 e. The van der Waals surface area contributed by atoms with Gasteiger partial charge in [-0.1, -0.05) is 62.2 Å². The van der Waals surface area contributed by atoms with Crippen molar-refractivity contribution in [2.75, 3.05) is 6.61 Å². The van der Waals surface area contributed by atoms with E-state index in [0.717, 1.165) is 32.9 Å². The highest BCUT2D eigenvalue weighted by Gasteiger charge is 2.16. The molecule has 1 N–H and O–H groups in total. The number of rotatable bonds is 6. The van der Waals surface area contributed by atoms with Crippen molar-refractivity contribution in [2.45, 2.75) is 26.3 Å². The maximum atomic E-state index is 13.4. The second kappa shape index (κ2) is 9.44. The Morgan fingerprint density at radius 2 is 1.92 bits per heavy atom. The van der Waals surface area contributed by atoms with Crippen LogP contribution in [0.1, 0.15) is 36.6 Å². The first kappa shape index (κ1) is 23.0. The molecule has 2 aromatic heterocycles. The number of hydrogen-bond acceptors (Lipinski definition) is 4. The minimum Gasteiger partial charge on any atom is -0.481 e. The summed E-state index contributed by atoms with van der Waals surface area (Å²) in [7, 11) is 0. The van der Waals surface area contributed by atoms with Crippen LogP contribution < -0.4 is 10.4 Å². The number of nitrogens with one attached hydrogen (secondary N) is 1. The molecule has 0 amide bonds. The predicted octanol–water partition coefficient (Wildman–Crippen LogP) is 5.60. The molecule has 0 unspecified atom stereocenters. The molecule has 0 saturated carbocycles. The molecule has 36 heavy (non-hydrogen) atoms. The van der Waals surface area contributed by atoms with Gasteiger partial charge in [0.05, 0.1) is 23.3 Å². The average Bonchev–Trinajstić information content (AvgIpc) is 3.33. The van der Waals surface area contributed by atoms with Gasteiger partial charge in [-0.2, -0.15) is 10.2 Å². The van der Waals surface area contributed by atoms with Gasteiger partial charge < -0.3 is 9.72 Å². The molecule has 6 heteroatoms. The Balaban J connectivity index is 1.69. The van der Waals surface area contributed by atoms with Crippen LogP contribution in [0.5, 0.6) is 5.75 Å². The fourth-order valence-electron chi connectivity index (χ4n) is 4.45. The first-order chi connectivity index (χ1) is 17.5. The Kier molecular flexibility index (Phi) is 6.02. The Labute approximate surface area is 208 Å². The fraction of sp³-hybridized carbons (Fsp3) is 0.167. The molecule has 6 nitrogen and oxygen atoms in total. The second-order valence-corrected chi connectivity index (χ2v) is 8.95. The first-order valence-electron chi connectivity index (χ1n) is 11.7. The van der Waals surface area contributed by atoms with Crippen molar-refractivity contribution in [1.82, 2.24) is 14.5 Å². The van der Waals surface area contributed by atoms with E-state index in [1.807, 2.05) is 48.5 Å². The van der Waals surface area contributed by atoms with E-state index in [4.69, 9.17) is 11.2 Å². The lowest BCUT2D eigenvalue weighted by molar-refractivity contribution is 0.371. The van der Waals surface area contributed by atoms with Gasteiger partial charge in [0.2, 0.25) is 0 Å². The molecule has 0 radical (unpaired) electrons. The number of H-pyrrole nitrogens is 1. The summed E-state index contributed by atoms with van der Waals surface area (Å²) in [5.41, 5.74) is 5.23. The molecule has 0 bridgehead atoms. The normalized spacial score (nSPS) is 11.0. The molecule has 0 aliphatic rings. The lowest BCUT2D eigenvalue weighted by atomic mass is 9.99. The van der Waals surface area contributed by atoms with Crippen LogP contribution in [0.3, 0.4) is 0 Å². The minimum atomic E-state index is -0.355. The Bertz CT molecular complexity index is 1730. The molecule has 0 aliphatic carbocycles. The van der Waals surface area contributed by atoms with E-state index >= 15 is 0 Å². The summed E-state index contributed by atoms with van der Waals surface area (Å²) < 4.78 is 7.33. The number of fused-ring (bicyclic) bond motifs is 2. The summed E-state index contributed by atoms with van der Waals surface area (Å²) in [6.45, 7) is 4.72. The Morgan fingerprint density at radius 3 is 2.64 bits per heavy atom. The van der Waals surface area contributed by atoms with Gasteiger partial charge in [0, 0.05) is 16.3 Å². The molecular formula is C30H24N4O2. The van der Waals surface area contributed by atoms with Gasteiger partial charge in [-0.05, 0) is 41.3 Å². The number of nitriles is 1. The first-order valence-corrected chi connectivity index (χ1v) is 11.7. The zero-order valence-electron chi connectivity index (χ0n) is 20.1. The highest BCUT2D eigenvalue weighted by atomic mass is 16.5. The van der Waals surface area contributed by atoms with Gasteiger partial charge in [0.1, 0.15) is 24.1 Å². The Hall–Kier alpha value is -4.81. The van der Waals surface area contributed by atoms with Gasteiger partial charge in [-0.3, -0.25) is 4.57 Å². The van der Waals surface area contributed by atoms with E-state index in [2.05, 4.69) is 47.9 Å². The summed E-state index contributed by atoms with van der Waals surface area (Å²) in [4.78, 5) is 21.1. The summed E-state index contributed by atoms with van der Waals surface area (Å²) in [6.07, 6.45) is 5.38. The molecule has 2 heterocycles. The van der Waals surface area contributed by atoms with Gasteiger partial charge in [0.25, 0.3) is 0 Å². The number of aromatic amines is 1.